The molecule has 0 bridgehead atoms. The summed E-state index contributed by atoms with van der Waals surface area (Å²) in [5, 5.41) is 11.2. The van der Waals surface area contributed by atoms with Crippen molar-refractivity contribution < 1.29 is 23.5 Å². The molecule has 1 aromatic carbocycles. The fourth-order valence-corrected chi connectivity index (χ4v) is 1.69. The van der Waals surface area contributed by atoms with Crippen LogP contribution in [0.15, 0.2) is 30.4 Å². The minimum atomic E-state index is -1.19. The normalized spacial score (nSPS) is 11.8. The molecule has 1 amide bonds. The van der Waals surface area contributed by atoms with Crippen molar-refractivity contribution in [3.05, 3.63) is 47.5 Å². The zero-order valence-corrected chi connectivity index (χ0v) is 11.0. The van der Waals surface area contributed by atoms with Gasteiger partial charge >= 0.3 is 5.97 Å². The molecule has 0 radical (unpaired) electrons. The fraction of sp³-hybridized carbons (Fsp3) is 0.286. The smallest absolute Gasteiger partial charge is 0.326 e. The monoisotopic (exact) mass is 283 g/mol. The van der Waals surface area contributed by atoms with Gasteiger partial charge in [0.05, 0.1) is 6.42 Å². The van der Waals surface area contributed by atoms with Gasteiger partial charge < -0.3 is 10.4 Å². The second-order valence-corrected chi connectivity index (χ2v) is 4.57. The molecular weight excluding hydrogens is 268 g/mol. The summed E-state index contributed by atoms with van der Waals surface area (Å²) in [7, 11) is 0. The van der Waals surface area contributed by atoms with Gasteiger partial charge in [0.15, 0.2) is 0 Å². The number of benzene rings is 1. The Morgan fingerprint density at radius 1 is 1.30 bits per heavy atom. The molecule has 0 spiro atoms. The van der Waals surface area contributed by atoms with Gasteiger partial charge in [-0.25, -0.2) is 13.6 Å². The highest BCUT2D eigenvalue weighted by molar-refractivity contribution is 5.85. The van der Waals surface area contributed by atoms with Crippen LogP contribution in [0.2, 0.25) is 0 Å². The predicted octanol–water partition coefficient (Wildman–Crippen LogP) is 2.04. The number of rotatable bonds is 6. The Balaban J connectivity index is 2.70. The molecule has 108 valence electrons. The number of amides is 1. The van der Waals surface area contributed by atoms with E-state index in [9.17, 15) is 18.4 Å². The Kier molecular flexibility index (Phi) is 5.37. The van der Waals surface area contributed by atoms with Crippen LogP contribution in [0.25, 0.3) is 0 Å². The molecule has 0 aliphatic carbocycles. The predicted molar refractivity (Wildman–Crippen MR) is 69.1 cm³/mol. The van der Waals surface area contributed by atoms with Crippen LogP contribution < -0.4 is 5.32 Å². The molecule has 4 nitrogen and oxygen atoms in total. The average molecular weight is 283 g/mol. The molecule has 0 saturated heterocycles. The van der Waals surface area contributed by atoms with Crippen molar-refractivity contribution in [1.29, 1.82) is 0 Å². The van der Waals surface area contributed by atoms with Crippen molar-refractivity contribution in [2.75, 3.05) is 0 Å². The zero-order chi connectivity index (χ0) is 15.3. The summed E-state index contributed by atoms with van der Waals surface area (Å²) in [5.41, 5.74) is 0.744. The van der Waals surface area contributed by atoms with Crippen molar-refractivity contribution in [1.82, 2.24) is 5.32 Å². The molecule has 1 atom stereocenters. The van der Waals surface area contributed by atoms with Gasteiger partial charge in [-0.15, -0.1) is 6.58 Å². The first kappa shape index (κ1) is 15.8. The summed E-state index contributed by atoms with van der Waals surface area (Å²) < 4.78 is 25.9. The van der Waals surface area contributed by atoms with Gasteiger partial charge in [-0.1, -0.05) is 5.57 Å². The molecule has 2 N–H and O–H groups in total. The summed E-state index contributed by atoms with van der Waals surface area (Å²) in [6.07, 6.45) is -0.201. The standard InChI is InChI=1S/C14H15F2NO3/c1-8(2)3-12(14(19)20)17-13(18)6-9-4-10(15)7-11(16)5-9/h4-5,7,12H,1,3,6H2,2H3,(H,17,18)(H,19,20)/t12-/m0/s1. The average Bonchev–Trinajstić information content (AvgIpc) is 2.25. The minimum absolute atomic E-state index is 0.0958. The van der Waals surface area contributed by atoms with E-state index in [1.54, 1.807) is 6.92 Å². The van der Waals surface area contributed by atoms with Crippen molar-refractivity contribution in [2.45, 2.75) is 25.8 Å². The molecule has 0 aromatic heterocycles. The van der Waals surface area contributed by atoms with E-state index in [4.69, 9.17) is 5.11 Å². The third kappa shape index (κ3) is 5.17. The topological polar surface area (TPSA) is 66.4 Å². The van der Waals surface area contributed by atoms with Crippen LogP contribution in [0.1, 0.15) is 18.9 Å². The molecule has 6 heteroatoms. The molecule has 0 aliphatic rings. The summed E-state index contributed by atoms with van der Waals surface area (Å²) in [6, 6.07) is 1.65. The minimum Gasteiger partial charge on any atom is -0.480 e. The van der Waals surface area contributed by atoms with E-state index in [-0.39, 0.29) is 18.4 Å². The van der Waals surface area contributed by atoms with Gasteiger partial charge in [-0.05, 0) is 31.0 Å². The fourth-order valence-electron chi connectivity index (χ4n) is 1.69. The lowest BCUT2D eigenvalue weighted by Gasteiger charge is -2.14. The highest BCUT2D eigenvalue weighted by atomic mass is 19.1. The molecule has 0 saturated carbocycles. The largest absolute Gasteiger partial charge is 0.480 e. The van der Waals surface area contributed by atoms with Gasteiger partial charge in [0.2, 0.25) is 5.91 Å². The third-order valence-electron chi connectivity index (χ3n) is 2.47. The van der Waals surface area contributed by atoms with E-state index >= 15 is 0 Å². The SMILES string of the molecule is C=C(C)C[C@H](NC(=O)Cc1cc(F)cc(F)c1)C(=O)O. The molecule has 0 heterocycles. The maximum absolute atomic E-state index is 13.0. The second kappa shape index (κ2) is 6.79. The molecule has 0 fully saturated rings. The van der Waals surface area contributed by atoms with Crippen molar-refractivity contribution in [2.24, 2.45) is 0 Å². The Morgan fingerprint density at radius 3 is 2.30 bits per heavy atom. The Hall–Kier alpha value is -2.24. The number of hydrogen-bond donors (Lipinski definition) is 2. The highest BCUT2D eigenvalue weighted by Gasteiger charge is 2.20. The number of halogens is 2. The number of carboxylic acid groups (broad SMARTS) is 1. The maximum Gasteiger partial charge on any atom is 0.326 e. The van der Waals surface area contributed by atoms with Crippen molar-refractivity contribution >= 4 is 11.9 Å². The van der Waals surface area contributed by atoms with E-state index in [0.717, 1.165) is 12.1 Å². The number of carboxylic acids is 1. The van der Waals surface area contributed by atoms with Crippen LogP contribution in [0.4, 0.5) is 8.78 Å². The quantitative estimate of drug-likeness (QED) is 0.785. The first-order chi connectivity index (χ1) is 9.27. The van der Waals surface area contributed by atoms with Crippen LogP contribution in [-0.4, -0.2) is 23.0 Å². The molecule has 0 unspecified atom stereocenters. The summed E-state index contributed by atoms with van der Waals surface area (Å²) in [5.74, 6) is -3.38. The maximum atomic E-state index is 13.0. The van der Waals surface area contributed by atoms with Gasteiger partial charge in [-0.3, -0.25) is 4.79 Å². The lowest BCUT2D eigenvalue weighted by molar-refractivity contribution is -0.141. The molecular formula is C14H15F2NO3. The van der Waals surface area contributed by atoms with E-state index in [1.807, 2.05) is 0 Å². The van der Waals surface area contributed by atoms with Crippen molar-refractivity contribution in [3.63, 3.8) is 0 Å². The van der Waals surface area contributed by atoms with Gasteiger partial charge in [0.1, 0.15) is 17.7 Å². The Bertz CT molecular complexity index is 523. The molecule has 20 heavy (non-hydrogen) atoms. The molecule has 1 aromatic rings. The third-order valence-corrected chi connectivity index (χ3v) is 2.47. The Labute approximate surface area is 115 Å². The van der Waals surface area contributed by atoms with Crippen LogP contribution in [0.3, 0.4) is 0 Å². The highest BCUT2D eigenvalue weighted by Crippen LogP contribution is 2.09. The van der Waals surface area contributed by atoms with Gasteiger partial charge in [0.25, 0.3) is 0 Å². The number of aliphatic carboxylic acids is 1. The number of hydrogen-bond acceptors (Lipinski definition) is 2. The van der Waals surface area contributed by atoms with E-state index in [0.29, 0.717) is 11.6 Å². The summed E-state index contributed by atoms with van der Waals surface area (Å²) in [4.78, 5) is 22.6. The number of nitrogens with one attached hydrogen (secondary N) is 1. The molecule has 1 rings (SSSR count). The van der Waals surface area contributed by atoms with Crippen molar-refractivity contribution in [3.8, 4) is 0 Å². The lowest BCUT2D eigenvalue weighted by atomic mass is 10.1. The zero-order valence-electron chi connectivity index (χ0n) is 11.0. The first-order valence-electron chi connectivity index (χ1n) is 5.89. The van der Waals surface area contributed by atoms with Crippen LogP contribution in [0.5, 0.6) is 0 Å². The van der Waals surface area contributed by atoms with Gasteiger partial charge in [0, 0.05) is 6.07 Å². The van der Waals surface area contributed by atoms with Crippen LogP contribution in [-0.2, 0) is 16.0 Å². The first-order valence-corrected chi connectivity index (χ1v) is 5.89. The second-order valence-electron chi connectivity index (χ2n) is 4.57. The van der Waals surface area contributed by atoms with Gasteiger partial charge in [-0.2, -0.15) is 0 Å². The number of carbonyl (C=O) groups excluding carboxylic acids is 1. The molecule has 0 aliphatic heterocycles. The lowest BCUT2D eigenvalue weighted by Crippen LogP contribution is -2.41. The van der Waals surface area contributed by atoms with Crippen LogP contribution in [0, 0.1) is 11.6 Å². The number of carbonyl (C=O) groups is 2. The van der Waals surface area contributed by atoms with E-state index < -0.39 is 29.6 Å². The Morgan fingerprint density at radius 2 is 1.85 bits per heavy atom. The van der Waals surface area contributed by atoms with E-state index in [2.05, 4.69) is 11.9 Å². The van der Waals surface area contributed by atoms with E-state index in [1.165, 1.54) is 0 Å². The van der Waals surface area contributed by atoms with Crippen LogP contribution >= 0.6 is 0 Å². The summed E-state index contributed by atoms with van der Waals surface area (Å²) >= 11 is 0. The summed E-state index contributed by atoms with van der Waals surface area (Å²) in [6.45, 7) is 5.22.